The molecule has 1 fully saturated rings. The second kappa shape index (κ2) is 8.94. The molecule has 1 atom stereocenters. The van der Waals surface area contributed by atoms with Gasteiger partial charge in [-0.1, -0.05) is 15.9 Å². The number of hydrogen-bond donors (Lipinski definition) is 1. The summed E-state index contributed by atoms with van der Waals surface area (Å²) in [6.45, 7) is 2.96. The van der Waals surface area contributed by atoms with Crippen LogP contribution in [0, 0.1) is 0 Å². The van der Waals surface area contributed by atoms with E-state index in [2.05, 4.69) is 43.2 Å². The number of halogens is 1. The number of rotatable bonds is 6. The average molecular weight is 459 g/mol. The van der Waals surface area contributed by atoms with Gasteiger partial charge in [-0.15, -0.1) is 0 Å². The molecular formula is C21H23BrN4O3. The SMILES string of the molecule is COc1cc2ncnc(Nc3ccc(Br)cc3)c2cc1OCC1CN(C)CCO1. The summed E-state index contributed by atoms with van der Waals surface area (Å²) < 4.78 is 18.4. The van der Waals surface area contributed by atoms with Crippen LogP contribution in [0.15, 0.2) is 47.2 Å². The van der Waals surface area contributed by atoms with E-state index in [0.29, 0.717) is 30.5 Å². The Bertz CT molecular complexity index is 984. The summed E-state index contributed by atoms with van der Waals surface area (Å²) in [4.78, 5) is 11.0. The van der Waals surface area contributed by atoms with E-state index in [0.717, 1.165) is 34.2 Å². The molecule has 7 nitrogen and oxygen atoms in total. The van der Waals surface area contributed by atoms with Crippen LogP contribution in [0.5, 0.6) is 11.5 Å². The van der Waals surface area contributed by atoms with Crippen LogP contribution in [0.3, 0.4) is 0 Å². The number of nitrogens with one attached hydrogen (secondary N) is 1. The minimum Gasteiger partial charge on any atom is -0.493 e. The molecule has 3 aromatic rings. The molecule has 1 N–H and O–H groups in total. The van der Waals surface area contributed by atoms with Gasteiger partial charge in [-0.05, 0) is 37.4 Å². The number of hydrogen-bond acceptors (Lipinski definition) is 7. The molecule has 1 unspecified atom stereocenters. The predicted molar refractivity (Wildman–Crippen MR) is 116 cm³/mol. The first-order chi connectivity index (χ1) is 14.1. The molecule has 1 aliphatic rings. The molecule has 0 amide bonds. The lowest BCUT2D eigenvalue weighted by Crippen LogP contribution is -2.42. The molecule has 8 heteroatoms. The molecule has 2 heterocycles. The molecule has 1 aliphatic heterocycles. The lowest BCUT2D eigenvalue weighted by atomic mass is 10.2. The van der Waals surface area contributed by atoms with Crippen LogP contribution in [-0.2, 0) is 4.74 Å². The van der Waals surface area contributed by atoms with Crippen LogP contribution in [0.25, 0.3) is 10.9 Å². The van der Waals surface area contributed by atoms with Gasteiger partial charge in [0.05, 0.1) is 19.2 Å². The molecule has 152 valence electrons. The summed E-state index contributed by atoms with van der Waals surface area (Å²) >= 11 is 3.45. The molecule has 0 radical (unpaired) electrons. The quantitative estimate of drug-likeness (QED) is 0.601. The van der Waals surface area contributed by atoms with Gasteiger partial charge in [0.1, 0.15) is 24.9 Å². The van der Waals surface area contributed by atoms with Gasteiger partial charge in [0.2, 0.25) is 0 Å². The maximum atomic E-state index is 6.08. The number of methoxy groups -OCH3 is 1. The molecule has 4 rings (SSSR count). The lowest BCUT2D eigenvalue weighted by molar-refractivity contribution is -0.0406. The Morgan fingerprint density at radius 1 is 1.21 bits per heavy atom. The number of ether oxygens (including phenoxy) is 3. The summed E-state index contributed by atoms with van der Waals surface area (Å²) in [7, 11) is 3.71. The molecular weight excluding hydrogens is 436 g/mol. The van der Waals surface area contributed by atoms with Crippen molar-refractivity contribution in [1.29, 1.82) is 0 Å². The van der Waals surface area contributed by atoms with Crippen molar-refractivity contribution >= 4 is 38.3 Å². The normalized spacial score (nSPS) is 17.3. The average Bonchev–Trinajstić information content (AvgIpc) is 2.73. The van der Waals surface area contributed by atoms with E-state index in [-0.39, 0.29) is 6.10 Å². The first kappa shape index (κ1) is 19.9. The standard InChI is InChI=1S/C21H23BrN4O3/c1-26-7-8-28-16(11-26)12-29-20-9-17-18(10-19(20)27-2)23-13-24-21(17)25-15-5-3-14(22)4-6-15/h3-6,9-10,13,16H,7-8,11-12H2,1-2H3,(H,23,24,25). The zero-order valence-electron chi connectivity index (χ0n) is 16.4. The third kappa shape index (κ3) is 4.77. The van der Waals surface area contributed by atoms with Gasteiger partial charge in [-0.3, -0.25) is 0 Å². The third-order valence-electron chi connectivity index (χ3n) is 4.79. The van der Waals surface area contributed by atoms with E-state index < -0.39 is 0 Å². The van der Waals surface area contributed by atoms with E-state index in [1.54, 1.807) is 7.11 Å². The van der Waals surface area contributed by atoms with Crippen LogP contribution in [0.1, 0.15) is 0 Å². The Labute approximate surface area is 178 Å². The van der Waals surface area contributed by atoms with Gasteiger partial charge >= 0.3 is 0 Å². The highest BCUT2D eigenvalue weighted by Crippen LogP contribution is 2.35. The maximum absolute atomic E-state index is 6.08. The van der Waals surface area contributed by atoms with Gasteiger partial charge in [-0.2, -0.15) is 0 Å². The summed E-state index contributed by atoms with van der Waals surface area (Å²) in [6.07, 6.45) is 1.57. The van der Waals surface area contributed by atoms with Gasteiger partial charge in [0.25, 0.3) is 0 Å². The minimum atomic E-state index is 0.0292. The highest BCUT2D eigenvalue weighted by molar-refractivity contribution is 9.10. The van der Waals surface area contributed by atoms with E-state index in [1.165, 1.54) is 6.33 Å². The molecule has 1 aromatic heterocycles. The van der Waals surface area contributed by atoms with Crippen molar-refractivity contribution in [3.63, 3.8) is 0 Å². The zero-order valence-corrected chi connectivity index (χ0v) is 18.0. The predicted octanol–water partition coefficient (Wildman–Crippen LogP) is 3.85. The van der Waals surface area contributed by atoms with Crippen molar-refractivity contribution in [1.82, 2.24) is 14.9 Å². The van der Waals surface area contributed by atoms with Crippen molar-refractivity contribution in [2.75, 3.05) is 45.8 Å². The Hall–Kier alpha value is -2.42. The fourth-order valence-corrected chi connectivity index (χ4v) is 3.52. The van der Waals surface area contributed by atoms with E-state index in [1.807, 2.05) is 36.4 Å². The number of benzene rings is 2. The molecule has 2 aromatic carbocycles. The van der Waals surface area contributed by atoms with Crippen molar-refractivity contribution in [3.05, 3.63) is 47.2 Å². The van der Waals surface area contributed by atoms with Gasteiger partial charge in [-0.25, -0.2) is 9.97 Å². The molecule has 0 saturated carbocycles. The Kier molecular flexibility index (Phi) is 6.13. The summed E-state index contributed by atoms with van der Waals surface area (Å²) in [6, 6.07) is 11.7. The van der Waals surface area contributed by atoms with Crippen LogP contribution >= 0.6 is 15.9 Å². The summed E-state index contributed by atoms with van der Waals surface area (Å²) in [5, 5.41) is 4.20. The zero-order chi connectivity index (χ0) is 20.2. The highest BCUT2D eigenvalue weighted by Gasteiger charge is 2.19. The topological polar surface area (TPSA) is 68.7 Å². The number of morpholine rings is 1. The van der Waals surface area contributed by atoms with Crippen LogP contribution in [-0.4, -0.2) is 61.4 Å². The highest BCUT2D eigenvalue weighted by atomic mass is 79.9. The van der Waals surface area contributed by atoms with E-state index in [4.69, 9.17) is 14.2 Å². The molecule has 0 aliphatic carbocycles. The number of aromatic nitrogens is 2. The molecule has 0 spiro atoms. The number of nitrogens with zero attached hydrogens (tertiary/aromatic N) is 3. The largest absolute Gasteiger partial charge is 0.493 e. The molecule has 29 heavy (non-hydrogen) atoms. The van der Waals surface area contributed by atoms with E-state index >= 15 is 0 Å². The first-order valence-corrected chi connectivity index (χ1v) is 10.2. The number of fused-ring (bicyclic) bond motifs is 1. The second-order valence-corrected chi connectivity index (χ2v) is 7.86. The Morgan fingerprint density at radius 2 is 2.03 bits per heavy atom. The lowest BCUT2D eigenvalue weighted by Gasteiger charge is -2.30. The fraction of sp³-hybridized carbons (Fsp3) is 0.333. The monoisotopic (exact) mass is 458 g/mol. The maximum Gasteiger partial charge on any atom is 0.162 e. The molecule has 0 bridgehead atoms. The van der Waals surface area contributed by atoms with Gasteiger partial charge in [0, 0.05) is 34.7 Å². The first-order valence-electron chi connectivity index (χ1n) is 9.40. The van der Waals surface area contributed by atoms with Crippen molar-refractivity contribution in [2.24, 2.45) is 0 Å². The second-order valence-electron chi connectivity index (χ2n) is 6.94. The van der Waals surface area contributed by atoms with Crippen molar-refractivity contribution in [3.8, 4) is 11.5 Å². The summed E-state index contributed by atoms with van der Waals surface area (Å²) in [5.74, 6) is 1.99. The van der Waals surface area contributed by atoms with E-state index in [9.17, 15) is 0 Å². The Balaban J connectivity index is 1.60. The van der Waals surface area contributed by atoms with Crippen LogP contribution < -0.4 is 14.8 Å². The summed E-state index contributed by atoms with van der Waals surface area (Å²) in [5.41, 5.74) is 1.71. The third-order valence-corrected chi connectivity index (χ3v) is 5.32. The molecule has 1 saturated heterocycles. The van der Waals surface area contributed by atoms with Crippen molar-refractivity contribution in [2.45, 2.75) is 6.10 Å². The van der Waals surface area contributed by atoms with Crippen LogP contribution in [0.2, 0.25) is 0 Å². The van der Waals surface area contributed by atoms with Crippen molar-refractivity contribution < 1.29 is 14.2 Å². The number of anilines is 2. The van der Waals surface area contributed by atoms with Gasteiger partial charge in [0.15, 0.2) is 11.5 Å². The Morgan fingerprint density at radius 3 is 2.79 bits per heavy atom. The van der Waals surface area contributed by atoms with Crippen LogP contribution in [0.4, 0.5) is 11.5 Å². The number of likely N-dealkylation sites (N-methyl/N-ethyl adjacent to an activating group) is 1. The smallest absolute Gasteiger partial charge is 0.162 e. The minimum absolute atomic E-state index is 0.0292. The van der Waals surface area contributed by atoms with Gasteiger partial charge < -0.3 is 24.4 Å². The fourth-order valence-electron chi connectivity index (χ4n) is 3.26.